The van der Waals surface area contributed by atoms with E-state index in [2.05, 4.69) is 15.3 Å². The van der Waals surface area contributed by atoms with Crippen LogP contribution in [0.3, 0.4) is 0 Å². The van der Waals surface area contributed by atoms with Crippen molar-refractivity contribution in [1.82, 2.24) is 9.97 Å². The standard InChI is InChI=1S/C12H10N4OS2/c1-6-10(19-12(13)15-6)11(17)16-7-2-3-8-9(4-7)18-5-14-8/h2-5H,1H3,(H2,13,15)(H,16,17). The van der Waals surface area contributed by atoms with E-state index < -0.39 is 0 Å². The molecule has 7 heteroatoms. The van der Waals surface area contributed by atoms with Gasteiger partial charge in [-0.15, -0.1) is 11.3 Å². The molecule has 0 fully saturated rings. The van der Waals surface area contributed by atoms with Crippen LogP contribution in [0.5, 0.6) is 0 Å². The Labute approximate surface area is 117 Å². The first-order chi connectivity index (χ1) is 9.13. The molecule has 0 unspecified atom stereocenters. The van der Waals surface area contributed by atoms with E-state index in [1.807, 2.05) is 18.2 Å². The number of aryl methyl sites for hydroxylation is 1. The highest BCUT2D eigenvalue weighted by Crippen LogP contribution is 2.24. The first kappa shape index (κ1) is 12.1. The number of nitrogens with two attached hydrogens (primary N) is 1. The summed E-state index contributed by atoms with van der Waals surface area (Å²) in [5.41, 5.74) is 9.70. The monoisotopic (exact) mass is 290 g/mol. The van der Waals surface area contributed by atoms with Crippen molar-refractivity contribution >= 4 is 49.6 Å². The number of anilines is 2. The van der Waals surface area contributed by atoms with Crippen molar-refractivity contribution in [1.29, 1.82) is 0 Å². The Morgan fingerprint density at radius 3 is 3.00 bits per heavy atom. The molecule has 3 aromatic rings. The second kappa shape index (κ2) is 4.60. The van der Waals surface area contributed by atoms with Gasteiger partial charge in [0.2, 0.25) is 0 Å². The Kier molecular flexibility index (Phi) is 2.92. The molecule has 5 nitrogen and oxygen atoms in total. The molecule has 0 saturated heterocycles. The maximum absolute atomic E-state index is 12.1. The molecule has 0 aliphatic rings. The topological polar surface area (TPSA) is 80.9 Å². The average Bonchev–Trinajstić information content (AvgIpc) is 2.94. The smallest absolute Gasteiger partial charge is 0.267 e. The van der Waals surface area contributed by atoms with E-state index in [-0.39, 0.29) is 5.91 Å². The van der Waals surface area contributed by atoms with Crippen LogP contribution >= 0.6 is 22.7 Å². The second-order valence-corrected chi connectivity index (χ2v) is 5.87. The highest BCUT2D eigenvalue weighted by Gasteiger charge is 2.14. The van der Waals surface area contributed by atoms with Gasteiger partial charge in [-0.1, -0.05) is 11.3 Å². The van der Waals surface area contributed by atoms with Gasteiger partial charge in [-0.2, -0.15) is 0 Å². The van der Waals surface area contributed by atoms with Crippen LogP contribution in [0.1, 0.15) is 15.4 Å². The summed E-state index contributed by atoms with van der Waals surface area (Å²) in [4.78, 5) is 20.9. The predicted octanol–water partition coefficient (Wildman–Crippen LogP) is 2.90. The second-order valence-electron chi connectivity index (χ2n) is 3.96. The van der Waals surface area contributed by atoms with Gasteiger partial charge >= 0.3 is 0 Å². The molecule has 2 heterocycles. The number of rotatable bonds is 2. The zero-order valence-corrected chi connectivity index (χ0v) is 11.6. The molecular formula is C12H10N4OS2. The van der Waals surface area contributed by atoms with Crippen LogP contribution in [-0.4, -0.2) is 15.9 Å². The number of hydrogen-bond acceptors (Lipinski definition) is 6. The summed E-state index contributed by atoms with van der Waals surface area (Å²) >= 11 is 2.73. The van der Waals surface area contributed by atoms with Crippen LogP contribution < -0.4 is 11.1 Å². The molecule has 0 radical (unpaired) electrons. The van der Waals surface area contributed by atoms with E-state index in [1.165, 1.54) is 22.7 Å². The van der Waals surface area contributed by atoms with Gasteiger partial charge in [-0.25, -0.2) is 9.97 Å². The number of hydrogen-bond donors (Lipinski definition) is 2. The third-order valence-corrected chi connectivity index (χ3v) is 4.39. The zero-order chi connectivity index (χ0) is 13.4. The molecular weight excluding hydrogens is 280 g/mol. The SMILES string of the molecule is Cc1nc(N)sc1C(=O)Nc1ccc2ncsc2c1. The molecule has 0 aliphatic heterocycles. The van der Waals surface area contributed by atoms with Gasteiger partial charge in [0.1, 0.15) is 4.88 Å². The summed E-state index contributed by atoms with van der Waals surface area (Å²) in [7, 11) is 0. The highest BCUT2D eigenvalue weighted by atomic mass is 32.1. The van der Waals surface area contributed by atoms with E-state index in [9.17, 15) is 4.79 Å². The first-order valence-electron chi connectivity index (χ1n) is 5.51. The highest BCUT2D eigenvalue weighted by molar-refractivity contribution is 7.17. The van der Waals surface area contributed by atoms with Crippen LogP contribution in [0.4, 0.5) is 10.8 Å². The number of carbonyl (C=O) groups is 1. The number of nitrogens with zero attached hydrogens (tertiary/aromatic N) is 2. The summed E-state index contributed by atoms with van der Waals surface area (Å²) in [6.07, 6.45) is 0. The number of fused-ring (bicyclic) bond motifs is 1. The average molecular weight is 290 g/mol. The van der Waals surface area contributed by atoms with E-state index in [0.29, 0.717) is 15.7 Å². The summed E-state index contributed by atoms with van der Waals surface area (Å²) in [6, 6.07) is 5.62. The van der Waals surface area contributed by atoms with Crippen LogP contribution in [0.25, 0.3) is 10.2 Å². The first-order valence-corrected chi connectivity index (χ1v) is 7.20. The minimum atomic E-state index is -0.185. The molecule has 3 N–H and O–H groups in total. The van der Waals surface area contributed by atoms with Gasteiger partial charge in [0.15, 0.2) is 5.13 Å². The third-order valence-electron chi connectivity index (χ3n) is 2.61. The minimum absolute atomic E-state index is 0.185. The number of amides is 1. The maximum atomic E-state index is 12.1. The minimum Gasteiger partial charge on any atom is -0.375 e. The fourth-order valence-corrected chi connectivity index (χ4v) is 3.19. The lowest BCUT2D eigenvalue weighted by Crippen LogP contribution is -2.11. The predicted molar refractivity (Wildman–Crippen MR) is 78.8 cm³/mol. The zero-order valence-electron chi connectivity index (χ0n) is 10.0. The van der Waals surface area contributed by atoms with Crippen LogP contribution in [0.2, 0.25) is 0 Å². The van der Waals surface area contributed by atoms with Gasteiger partial charge in [0.05, 0.1) is 21.4 Å². The van der Waals surface area contributed by atoms with Crippen molar-refractivity contribution in [2.75, 3.05) is 11.1 Å². The number of nitrogens with one attached hydrogen (secondary N) is 1. The third kappa shape index (κ3) is 2.29. The maximum Gasteiger partial charge on any atom is 0.267 e. The summed E-state index contributed by atoms with van der Waals surface area (Å²) in [5, 5.41) is 3.25. The quantitative estimate of drug-likeness (QED) is 0.760. The van der Waals surface area contributed by atoms with Crippen LogP contribution in [0, 0.1) is 6.92 Å². The summed E-state index contributed by atoms with van der Waals surface area (Å²) in [5.74, 6) is -0.185. The molecule has 0 spiro atoms. The van der Waals surface area contributed by atoms with Crippen molar-refractivity contribution in [3.63, 3.8) is 0 Å². The summed E-state index contributed by atoms with van der Waals surface area (Å²) < 4.78 is 1.04. The molecule has 2 aromatic heterocycles. The van der Waals surface area contributed by atoms with E-state index in [1.54, 1.807) is 12.4 Å². The largest absolute Gasteiger partial charge is 0.375 e. The van der Waals surface area contributed by atoms with Crippen LogP contribution in [-0.2, 0) is 0 Å². The van der Waals surface area contributed by atoms with Crippen molar-refractivity contribution in [3.8, 4) is 0 Å². The molecule has 0 atom stereocenters. The number of benzene rings is 1. The number of thiazole rings is 2. The number of aromatic nitrogens is 2. The fraction of sp³-hybridized carbons (Fsp3) is 0.0833. The Bertz CT molecular complexity index is 762. The lowest BCUT2D eigenvalue weighted by molar-refractivity contribution is 0.103. The number of nitrogen functional groups attached to an aromatic ring is 1. The van der Waals surface area contributed by atoms with Crippen molar-refractivity contribution in [2.24, 2.45) is 0 Å². The lowest BCUT2D eigenvalue weighted by atomic mass is 10.3. The molecule has 0 aliphatic carbocycles. The Morgan fingerprint density at radius 2 is 2.26 bits per heavy atom. The van der Waals surface area contributed by atoms with Crippen LogP contribution in [0.15, 0.2) is 23.7 Å². The van der Waals surface area contributed by atoms with E-state index in [4.69, 9.17) is 5.73 Å². The fourth-order valence-electron chi connectivity index (χ4n) is 1.75. The van der Waals surface area contributed by atoms with Gasteiger partial charge in [-0.05, 0) is 25.1 Å². The van der Waals surface area contributed by atoms with Gasteiger partial charge in [0, 0.05) is 5.69 Å². The molecule has 96 valence electrons. The van der Waals surface area contributed by atoms with Crippen molar-refractivity contribution in [3.05, 3.63) is 34.3 Å². The molecule has 19 heavy (non-hydrogen) atoms. The Morgan fingerprint density at radius 1 is 1.42 bits per heavy atom. The van der Waals surface area contributed by atoms with E-state index in [0.717, 1.165) is 15.9 Å². The van der Waals surface area contributed by atoms with Crippen molar-refractivity contribution < 1.29 is 4.79 Å². The normalized spacial score (nSPS) is 10.8. The molecule has 1 amide bonds. The summed E-state index contributed by atoms with van der Waals surface area (Å²) in [6.45, 7) is 1.77. The number of carbonyl (C=O) groups excluding carboxylic acids is 1. The Balaban J connectivity index is 1.88. The van der Waals surface area contributed by atoms with E-state index >= 15 is 0 Å². The molecule has 3 rings (SSSR count). The van der Waals surface area contributed by atoms with Crippen molar-refractivity contribution in [2.45, 2.75) is 6.92 Å². The Hall–Kier alpha value is -1.99. The molecule has 1 aromatic carbocycles. The molecule has 0 saturated carbocycles. The van der Waals surface area contributed by atoms with Gasteiger partial charge in [-0.3, -0.25) is 4.79 Å². The van der Waals surface area contributed by atoms with Gasteiger partial charge < -0.3 is 11.1 Å². The van der Waals surface area contributed by atoms with Gasteiger partial charge in [0.25, 0.3) is 5.91 Å². The molecule has 0 bridgehead atoms. The lowest BCUT2D eigenvalue weighted by Gasteiger charge is -2.03.